The molecule has 30 heavy (non-hydrogen) atoms. The first-order valence-corrected chi connectivity index (χ1v) is 10.2. The smallest absolute Gasteiger partial charge is 0.180 e. The van der Waals surface area contributed by atoms with Gasteiger partial charge >= 0.3 is 0 Å². The standard InChI is InChI=1S/C22H18Cl3F2NO2/c1-2-29-21-8-13(11-28-16-5-6-20(27)18(24)10-16)7-19(25)22(21)30-12-14-3-4-15(26)9-17(14)23/h3-10,28H,2,11-12H2,1H3. The van der Waals surface area contributed by atoms with Crippen molar-refractivity contribution in [2.24, 2.45) is 0 Å². The van der Waals surface area contributed by atoms with E-state index in [4.69, 9.17) is 44.3 Å². The van der Waals surface area contributed by atoms with Gasteiger partial charge in [0.05, 0.1) is 21.7 Å². The van der Waals surface area contributed by atoms with E-state index in [1.807, 2.05) is 6.92 Å². The van der Waals surface area contributed by atoms with Crippen LogP contribution in [0.1, 0.15) is 18.1 Å². The van der Waals surface area contributed by atoms with Gasteiger partial charge in [-0.1, -0.05) is 40.9 Å². The lowest BCUT2D eigenvalue weighted by atomic mass is 10.2. The Bertz CT molecular complexity index is 1050. The largest absolute Gasteiger partial charge is 0.490 e. The maximum atomic E-state index is 13.3. The van der Waals surface area contributed by atoms with E-state index in [0.717, 1.165) is 5.56 Å². The Labute approximate surface area is 188 Å². The van der Waals surface area contributed by atoms with Crippen LogP contribution in [-0.4, -0.2) is 6.61 Å². The Morgan fingerprint density at radius 3 is 2.37 bits per heavy atom. The number of rotatable bonds is 8. The summed E-state index contributed by atoms with van der Waals surface area (Å²) in [6.45, 7) is 2.77. The molecule has 0 heterocycles. The summed E-state index contributed by atoms with van der Waals surface area (Å²) in [6, 6.07) is 12.0. The molecule has 0 unspecified atom stereocenters. The van der Waals surface area contributed by atoms with Crippen molar-refractivity contribution in [1.82, 2.24) is 0 Å². The van der Waals surface area contributed by atoms with Crippen LogP contribution < -0.4 is 14.8 Å². The van der Waals surface area contributed by atoms with Gasteiger partial charge in [0.2, 0.25) is 0 Å². The predicted molar refractivity (Wildman–Crippen MR) is 117 cm³/mol. The van der Waals surface area contributed by atoms with Gasteiger partial charge in [-0.15, -0.1) is 0 Å². The molecule has 0 bridgehead atoms. The average Bonchev–Trinajstić information content (AvgIpc) is 2.70. The van der Waals surface area contributed by atoms with Gasteiger partial charge in [-0.2, -0.15) is 0 Å². The fraction of sp³-hybridized carbons (Fsp3) is 0.182. The van der Waals surface area contributed by atoms with Crippen molar-refractivity contribution in [1.29, 1.82) is 0 Å². The molecule has 0 radical (unpaired) electrons. The molecule has 0 saturated heterocycles. The zero-order valence-electron chi connectivity index (χ0n) is 15.9. The summed E-state index contributed by atoms with van der Waals surface area (Å²) < 4.78 is 38.0. The molecule has 3 rings (SSSR count). The Kier molecular flexibility index (Phi) is 7.64. The van der Waals surface area contributed by atoms with Gasteiger partial charge in [-0.05, 0) is 55.0 Å². The number of hydrogen-bond donors (Lipinski definition) is 1. The van der Waals surface area contributed by atoms with Gasteiger partial charge in [0.1, 0.15) is 18.2 Å². The van der Waals surface area contributed by atoms with Crippen LogP contribution in [0.2, 0.25) is 15.1 Å². The molecule has 0 saturated carbocycles. The normalized spacial score (nSPS) is 10.7. The van der Waals surface area contributed by atoms with Crippen LogP contribution in [0.15, 0.2) is 48.5 Å². The Morgan fingerprint density at radius 1 is 0.867 bits per heavy atom. The zero-order chi connectivity index (χ0) is 21.7. The second-order valence-electron chi connectivity index (χ2n) is 6.34. The summed E-state index contributed by atoms with van der Waals surface area (Å²) in [5.74, 6) is -0.0626. The van der Waals surface area contributed by atoms with Gasteiger partial charge < -0.3 is 14.8 Å². The van der Waals surface area contributed by atoms with E-state index in [2.05, 4.69) is 5.32 Å². The van der Waals surface area contributed by atoms with Crippen LogP contribution in [0.4, 0.5) is 14.5 Å². The maximum absolute atomic E-state index is 13.3. The molecule has 0 amide bonds. The molecule has 3 aromatic rings. The number of hydrogen-bond acceptors (Lipinski definition) is 3. The van der Waals surface area contributed by atoms with Gasteiger partial charge in [-0.25, -0.2) is 8.78 Å². The molecule has 0 aliphatic carbocycles. The van der Waals surface area contributed by atoms with E-state index < -0.39 is 11.6 Å². The van der Waals surface area contributed by atoms with Gasteiger partial charge in [0, 0.05) is 17.8 Å². The minimum Gasteiger partial charge on any atom is -0.490 e. The molecule has 8 heteroatoms. The lowest BCUT2D eigenvalue weighted by Crippen LogP contribution is -2.04. The zero-order valence-corrected chi connectivity index (χ0v) is 18.2. The van der Waals surface area contributed by atoms with Crippen LogP contribution in [0.5, 0.6) is 11.5 Å². The van der Waals surface area contributed by atoms with Crippen molar-refractivity contribution < 1.29 is 18.3 Å². The molecule has 0 fully saturated rings. The number of halogens is 5. The minimum atomic E-state index is -0.480. The molecular formula is C22H18Cl3F2NO2. The van der Waals surface area contributed by atoms with Crippen LogP contribution in [0, 0.1) is 11.6 Å². The number of anilines is 1. The second-order valence-corrected chi connectivity index (χ2v) is 7.57. The van der Waals surface area contributed by atoms with E-state index in [1.165, 1.54) is 24.3 Å². The van der Waals surface area contributed by atoms with E-state index in [0.29, 0.717) is 40.9 Å². The summed E-state index contributed by atoms with van der Waals surface area (Å²) in [4.78, 5) is 0. The van der Waals surface area contributed by atoms with Crippen molar-refractivity contribution in [3.05, 3.63) is 86.4 Å². The SMILES string of the molecule is CCOc1cc(CNc2ccc(F)c(Cl)c2)cc(Cl)c1OCc1ccc(F)cc1Cl. The van der Waals surface area contributed by atoms with Gasteiger partial charge in [0.25, 0.3) is 0 Å². The van der Waals surface area contributed by atoms with Crippen LogP contribution >= 0.6 is 34.8 Å². The lowest BCUT2D eigenvalue weighted by Gasteiger charge is -2.16. The molecular weight excluding hydrogens is 455 g/mol. The maximum Gasteiger partial charge on any atom is 0.180 e. The first kappa shape index (κ1) is 22.5. The Hall–Kier alpha value is -2.21. The third-order valence-electron chi connectivity index (χ3n) is 4.17. The molecule has 158 valence electrons. The summed E-state index contributed by atoms with van der Waals surface area (Å²) >= 11 is 18.3. The summed E-state index contributed by atoms with van der Waals surface area (Å²) in [5.41, 5.74) is 2.12. The molecule has 0 aromatic heterocycles. The monoisotopic (exact) mass is 471 g/mol. The fourth-order valence-electron chi connectivity index (χ4n) is 2.73. The van der Waals surface area contributed by atoms with E-state index in [9.17, 15) is 8.78 Å². The third-order valence-corrected chi connectivity index (χ3v) is 5.09. The highest BCUT2D eigenvalue weighted by Crippen LogP contribution is 2.38. The minimum absolute atomic E-state index is 0.0382. The quantitative estimate of drug-likeness (QED) is 0.368. The number of nitrogens with one attached hydrogen (secondary N) is 1. The summed E-state index contributed by atoms with van der Waals surface area (Å²) in [7, 11) is 0. The Morgan fingerprint density at radius 2 is 1.67 bits per heavy atom. The van der Waals surface area contributed by atoms with Crippen molar-refractivity contribution in [2.45, 2.75) is 20.1 Å². The molecule has 0 atom stereocenters. The molecule has 0 spiro atoms. The van der Waals surface area contributed by atoms with E-state index >= 15 is 0 Å². The average molecular weight is 473 g/mol. The van der Waals surface area contributed by atoms with Crippen LogP contribution in [0.25, 0.3) is 0 Å². The molecule has 0 aliphatic heterocycles. The van der Waals surface area contributed by atoms with Crippen molar-refractivity contribution in [2.75, 3.05) is 11.9 Å². The first-order chi connectivity index (χ1) is 14.4. The fourth-order valence-corrected chi connectivity index (χ4v) is 3.42. The topological polar surface area (TPSA) is 30.5 Å². The predicted octanol–water partition coefficient (Wildman–Crippen LogP) is 7.51. The summed E-state index contributed by atoms with van der Waals surface area (Å²) in [6.07, 6.45) is 0. The molecule has 0 aliphatic rings. The molecule has 3 nitrogen and oxygen atoms in total. The molecule has 1 N–H and O–H groups in total. The number of benzene rings is 3. The van der Waals surface area contributed by atoms with Crippen molar-refractivity contribution >= 4 is 40.5 Å². The van der Waals surface area contributed by atoms with Crippen molar-refractivity contribution in [3.8, 4) is 11.5 Å². The van der Waals surface area contributed by atoms with Gasteiger partial charge in [0.15, 0.2) is 11.5 Å². The van der Waals surface area contributed by atoms with E-state index in [-0.39, 0.29) is 16.7 Å². The Balaban J connectivity index is 1.76. The summed E-state index contributed by atoms with van der Waals surface area (Å²) in [5, 5.41) is 3.82. The number of ether oxygens (including phenoxy) is 2. The van der Waals surface area contributed by atoms with E-state index in [1.54, 1.807) is 24.3 Å². The highest BCUT2D eigenvalue weighted by atomic mass is 35.5. The van der Waals surface area contributed by atoms with Crippen LogP contribution in [0.3, 0.4) is 0 Å². The highest BCUT2D eigenvalue weighted by molar-refractivity contribution is 6.32. The molecule has 3 aromatic carbocycles. The lowest BCUT2D eigenvalue weighted by molar-refractivity contribution is 0.269. The first-order valence-electron chi connectivity index (χ1n) is 9.08. The van der Waals surface area contributed by atoms with Gasteiger partial charge in [-0.3, -0.25) is 0 Å². The second kappa shape index (κ2) is 10.2. The highest BCUT2D eigenvalue weighted by Gasteiger charge is 2.14. The third kappa shape index (κ3) is 5.69. The van der Waals surface area contributed by atoms with Crippen LogP contribution in [-0.2, 0) is 13.2 Å². The van der Waals surface area contributed by atoms with Crippen molar-refractivity contribution in [3.63, 3.8) is 0 Å².